The topological polar surface area (TPSA) is 92.3 Å². The molecule has 3 aromatic rings. The Hall–Kier alpha value is -2.21. The van der Waals surface area contributed by atoms with Crippen molar-refractivity contribution < 1.29 is 13.2 Å². The van der Waals surface area contributed by atoms with Crippen molar-refractivity contribution in [3.8, 4) is 0 Å². The number of amides is 1. The van der Waals surface area contributed by atoms with E-state index in [1.54, 1.807) is 42.5 Å². The minimum Gasteiger partial charge on any atom is -0.299 e. The molecule has 0 radical (unpaired) electrons. The van der Waals surface area contributed by atoms with Crippen LogP contribution in [0.25, 0.3) is 0 Å². The molecule has 3 rings (SSSR count). The number of hydrogen-bond acceptors (Lipinski definition) is 7. The third-order valence-electron chi connectivity index (χ3n) is 3.97. The molecule has 11 heteroatoms. The van der Waals surface area contributed by atoms with Gasteiger partial charge in [-0.2, -0.15) is 0 Å². The molecule has 1 heterocycles. The van der Waals surface area contributed by atoms with Crippen LogP contribution in [0.15, 0.2) is 74.9 Å². The molecule has 0 saturated carbocycles. The summed E-state index contributed by atoms with van der Waals surface area (Å²) < 4.78 is 29.2. The molecule has 1 N–H and O–H groups in total. The molecular formula is C20H19BrN4O3S3. The molecular weight excluding hydrogens is 520 g/mol. The van der Waals surface area contributed by atoms with Crippen molar-refractivity contribution in [1.29, 1.82) is 0 Å². The van der Waals surface area contributed by atoms with E-state index in [0.29, 0.717) is 25.4 Å². The number of thioether (sulfide) groups is 1. The van der Waals surface area contributed by atoms with Crippen molar-refractivity contribution >= 4 is 65.8 Å². The smallest absolute Gasteiger partial charge is 0.264 e. The van der Waals surface area contributed by atoms with Gasteiger partial charge in [-0.3, -0.25) is 14.4 Å². The third-order valence-corrected chi connectivity index (χ3v) is 8.22. The SMILES string of the molecule is C=CCSc1nnc(NC(=O)CN(c2cccc(Br)c2)S(=O)(=O)c2ccc(C)cc2)s1. The molecule has 162 valence electrons. The Morgan fingerprint density at radius 3 is 2.68 bits per heavy atom. The zero-order chi connectivity index (χ0) is 22.4. The van der Waals surface area contributed by atoms with Crippen molar-refractivity contribution in [2.24, 2.45) is 0 Å². The van der Waals surface area contributed by atoms with Gasteiger partial charge in [0.25, 0.3) is 10.0 Å². The number of carbonyl (C=O) groups is 1. The molecule has 31 heavy (non-hydrogen) atoms. The van der Waals surface area contributed by atoms with E-state index in [9.17, 15) is 13.2 Å². The first-order valence-corrected chi connectivity index (χ1v) is 13.0. The molecule has 0 fully saturated rings. The zero-order valence-electron chi connectivity index (χ0n) is 16.5. The fourth-order valence-electron chi connectivity index (χ4n) is 2.52. The second-order valence-electron chi connectivity index (χ2n) is 6.33. The van der Waals surface area contributed by atoms with Gasteiger partial charge in [-0.1, -0.05) is 68.9 Å². The summed E-state index contributed by atoms with van der Waals surface area (Å²) in [5.74, 6) is 0.153. The highest BCUT2D eigenvalue weighted by molar-refractivity contribution is 9.10. The summed E-state index contributed by atoms with van der Waals surface area (Å²) in [4.78, 5) is 12.8. The minimum absolute atomic E-state index is 0.102. The lowest BCUT2D eigenvalue weighted by Gasteiger charge is -2.24. The summed E-state index contributed by atoms with van der Waals surface area (Å²) in [5.41, 5.74) is 1.30. The van der Waals surface area contributed by atoms with E-state index in [1.165, 1.54) is 35.2 Å². The molecule has 1 amide bonds. The number of aryl methyl sites for hydroxylation is 1. The van der Waals surface area contributed by atoms with Crippen LogP contribution in [-0.4, -0.2) is 36.8 Å². The average molecular weight is 540 g/mol. The molecule has 0 aliphatic heterocycles. The third kappa shape index (κ3) is 6.16. The van der Waals surface area contributed by atoms with Crippen LogP contribution in [0.4, 0.5) is 10.8 Å². The number of hydrogen-bond donors (Lipinski definition) is 1. The lowest BCUT2D eigenvalue weighted by Crippen LogP contribution is -2.38. The summed E-state index contributed by atoms with van der Waals surface area (Å²) in [6.45, 7) is 5.11. The van der Waals surface area contributed by atoms with E-state index >= 15 is 0 Å². The zero-order valence-corrected chi connectivity index (χ0v) is 20.5. The van der Waals surface area contributed by atoms with E-state index in [4.69, 9.17) is 0 Å². The minimum atomic E-state index is -3.98. The van der Waals surface area contributed by atoms with Crippen LogP contribution in [0.3, 0.4) is 0 Å². The predicted octanol–water partition coefficient (Wildman–Crippen LogP) is 4.72. The average Bonchev–Trinajstić information content (AvgIpc) is 3.17. The van der Waals surface area contributed by atoms with E-state index < -0.39 is 22.5 Å². The Morgan fingerprint density at radius 1 is 1.26 bits per heavy atom. The monoisotopic (exact) mass is 538 g/mol. The Kier molecular flexibility index (Phi) is 7.87. The summed E-state index contributed by atoms with van der Waals surface area (Å²) in [7, 11) is -3.98. The first-order valence-electron chi connectivity index (χ1n) is 9.01. The molecule has 2 aromatic carbocycles. The Labute approximate surface area is 197 Å². The number of carbonyl (C=O) groups excluding carboxylic acids is 1. The molecule has 0 aliphatic rings. The number of aromatic nitrogens is 2. The second-order valence-corrected chi connectivity index (χ2v) is 11.3. The van der Waals surface area contributed by atoms with Gasteiger partial charge in [-0.05, 0) is 37.3 Å². The molecule has 0 spiro atoms. The number of anilines is 2. The van der Waals surface area contributed by atoms with Gasteiger partial charge in [-0.25, -0.2) is 8.42 Å². The maximum Gasteiger partial charge on any atom is 0.264 e. The van der Waals surface area contributed by atoms with Crippen LogP contribution in [0.1, 0.15) is 5.56 Å². The molecule has 0 unspecified atom stereocenters. The predicted molar refractivity (Wildman–Crippen MR) is 129 cm³/mol. The van der Waals surface area contributed by atoms with Crippen LogP contribution in [0, 0.1) is 6.92 Å². The number of sulfonamides is 1. The number of benzene rings is 2. The number of halogens is 1. The first kappa shape index (κ1) is 23.5. The van der Waals surface area contributed by atoms with Crippen molar-refractivity contribution in [3.63, 3.8) is 0 Å². The highest BCUT2D eigenvalue weighted by Gasteiger charge is 2.27. The van der Waals surface area contributed by atoms with Gasteiger partial charge in [0.1, 0.15) is 6.54 Å². The van der Waals surface area contributed by atoms with E-state index in [1.807, 2.05) is 6.92 Å². The fourth-order valence-corrected chi connectivity index (χ4v) is 5.85. The summed E-state index contributed by atoms with van der Waals surface area (Å²) in [6, 6.07) is 13.3. The highest BCUT2D eigenvalue weighted by Crippen LogP contribution is 2.28. The van der Waals surface area contributed by atoms with E-state index in [-0.39, 0.29) is 4.90 Å². The maximum absolute atomic E-state index is 13.4. The second kappa shape index (κ2) is 10.4. The quantitative estimate of drug-likeness (QED) is 0.240. The summed E-state index contributed by atoms with van der Waals surface area (Å²) >= 11 is 6.02. The molecule has 0 atom stereocenters. The van der Waals surface area contributed by atoms with Crippen LogP contribution in [-0.2, 0) is 14.8 Å². The Balaban J connectivity index is 1.86. The number of nitrogens with one attached hydrogen (secondary N) is 1. The normalized spacial score (nSPS) is 11.2. The highest BCUT2D eigenvalue weighted by atomic mass is 79.9. The maximum atomic E-state index is 13.4. The number of rotatable bonds is 9. The van der Waals surface area contributed by atoms with Gasteiger partial charge >= 0.3 is 0 Å². The largest absolute Gasteiger partial charge is 0.299 e. The van der Waals surface area contributed by atoms with Crippen LogP contribution < -0.4 is 9.62 Å². The van der Waals surface area contributed by atoms with Gasteiger partial charge in [0, 0.05) is 10.2 Å². The fraction of sp³-hybridized carbons (Fsp3) is 0.150. The molecule has 0 bridgehead atoms. The first-order chi connectivity index (χ1) is 14.8. The van der Waals surface area contributed by atoms with Gasteiger partial charge in [0.15, 0.2) is 4.34 Å². The van der Waals surface area contributed by atoms with E-state index in [2.05, 4.69) is 38.0 Å². The van der Waals surface area contributed by atoms with Gasteiger partial charge in [-0.15, -0.1) is 16.8 Å². The van der Waals surface area contributed by atoms with E-state index in [0.717, 1.165) is 9.87 Å². The van der Waals surface area contributed by atoms with Crippen molar-refractivity contribution in [2.45, 2.75) is 16.2 Å². The standard InChI is InChI=1S/C20H19BrN4O3S3/c1-3-11-29-20-24-23-19(30-20)22-18(26)13-25(16-6-4-5-15(21)12-16)31(27,28)17-9-7-14(2)8-10-17/h3-10,12H,1,11,13H2,2H3,(H,22,23,26). The lowest BCUT2D eigenvalue weighted by molar-refractivity contribution is -0.114. The van der Waals surface area contributed by atoms with Crippen molar-refractivity contribution in [3.05, 3.63) is 71.2 Å². The molecule has 0 saturated heterocycles. The van der Waals surface area contributed by atoms with Gasteiger partial charge < -0.3 is 0 Å². The lowest BCUT2D eigenvalue weighted by atomic mass is 10.2. The summed E-state index contributed by atoms with van der Waals surface area (Å²) in [6.07, 6.45) is 1.75. The van der Waals surface area contributed by atoms with Crippen LogP contribution in [0.2, 0.25) is 0 Å². The van der Waals surface area contributed by atoms with Gasteiger partial charge in [0.2, 0.25) is 11.0 Å². The molecule has 7 nitrogen and oxygen atoms in total. The Morgan fingerprint density at radius 2 is 2.00 bits per heavy atom. The van der Waals surface area contributed by atoms with Crippen molar-refractivity contribution in [2.75, 3.05) is 21.9 Å². The summed E-state index contributed by atoms with van der Waals surface area (Å²) in [5, 5.41) is 10.9. The Bertz CT molecular complexity index is 1180. The van der Waals surface area contributed by atoms with Crippen LogP contribution >= 0.6 is 39.0 Å². The number of nitrogens with zero attached hydrogens (tertiary/aromatic N) is 3. The molecule has 1 aromatic heterocycles. The van der Waals surface area contributed by atoms with Gasteiger partial charge in [0.05, 0.1) is 10.6 Å². The van der Waals surface area contributed by atoms with Crippen molar-refractivity contribution in [1.82, 2.24) is 10.2 Å². The van der Waals surface area contributed by atoms with Crippen LogP contribution in [0.5, 0.6) is 0 Å². The molecule has 0 aliphatic carbocycles.